The van der Waals surface area contributed by atoms with Crippen LogP contribution in [-0.4, -0.2) is 42.2 Å². The van der Waals surface area contributed by atoms with Crippen LogP contribution in [0.15, 0.2) is 24.3 Å². The lowest BCUT2D eigenvalue weighted by Crippen LogP contribution is -2.33. The summed E-state index contributed by atoms with van der Waals surface area (Å²) >= 11 is 0. The van der Waals surface area contributed by atoms with E-state index < -0.39 is 11.9 Å². The van der Waals surface area contributed by atoms with Crippen LogP contribution in [0.4, 0.5) is 10.5 Å². The topological polar surface area (TPSA) is 78.9 Å². The SMILES string of the molecule is COc1cccc(NC(=O)N2CCC(C(=O)O)C2)c1. The van der Waals surface area contributed by atoms with Crippen molar-refractivity contribution in [2.24, 2.45) is 5.92 Å². The summed E-state index contributed by atoms with van der Waals surface area (Å²) in [6, 6.07) is 6.75. The lowest BCUT2D eigenvalue weighted by Gasteiger charge is -2.17. The second-order valence-corrected chi connectivity index (χ2v) is 4.43. The first kappa shape index (κ1) is 13.2. The van der Waals surface area contributed by atoms with Crippen molar-refractivity contribution in [3.63, 3.8) is 0 Å². The number of carbonyl (C=O) groups is 2. The predicted molar refractivity (Wildman–Crippen MR) is 69.3 cm³/mol. The van der Waals surface area contributed by atoms with Crippen LogP contribution < -0.4 is 10.1 Å². The Kier molecular flexibility index (Phi) is 3.89. The van der Waals surface area contributed by atoms with Crippen molar-refractivity contribution < 1.29 is 19.4 Å². The largest absolute Gasteiger partial charge is 0.497 e. The number of benzene rings is 1. The van der Waals surface area contributed by atoms with Gasteiger partial charge in [-0.2, -0.15) is 0 Å². The molecule has 0 bridgehead atoms. The van der Waals surface area contributed by atoms with Crippen LogP contribution >= 0.6 is 0 Å². The predicted octanol–water partition coefficient (Wildman–Crippen LogP) is 1.63. The Morgan fingerprint density at radius 2 is 2.26 bits per heavy atom. The molecule has 1 heterocycles. The van der Waals surface area contributed by atoms with Crippen LogP contribution in [-0.2, 0) is 4.79 Å². The first-order valence-electron chi connectivity index (χ1n) is 6.03. The van der Waals surface area contributed by atoms with Crippen LogP contribution in [0.25, 0.3) is 0 Å². The summed E-state index contributed by atoms with van der Waals surface area (Å²) in [5.41, 5.74) is 0.628. The third-order valence-electron chi connectivity index (χ3n) is 3.15. The molecule has 0 aliphatic carbocycles. The van der Waals surface area contributed by atoms with Gasteiger partial charge >= 0.3 is 12.0 Å². The van der Waals surface area contributed by atoms with Crippen molar-refractivity contribution in [2.45, 2.75) is 6.42 Å². The van der Waals surface area contributed by atoms with E-state index in [0.717, 1.165) is 0 Å². The Balaban J connectivity index is 1.96. The highest BCUT2D eigenvalue weighted by Gasteiger charge is 2.30. The van der Waals surface area contributed by atoms with Gasteiger partial charge < -0.3 is 20.1 Å². The molecule has 1 atom stereocenters. The van der Waals surface area contributed by atoms with Gasteiger partial charge in [0.1, 0.15) is 5.75 Å². The molecule has 1 fully saturated rings. The minimum Gasteiger partial charge on any atom is -0.497 e. The summed E-state index contributed by atoms with van der Waals surface area (Å²) in [4.78, 5) is 24.3. The number of amides is 2. The van der Waals surface area contributed by atoms with E-state index in [1.165, 1.54) is 4.90 Å². The molecule has 1 aromatic rings. The zero-order valence-corrected chi connectivity index (χ0v) is 10.6. The quantitative estimate of drug-likeness (QED) is 0.869. The highest BCUT2D eigenvalue weighted by atomic mass is 16.5. The number of nitrogens with one attached hydrogen (secondary N) is 1. The maximum absolute atomic E-state index is 12.0. The first-order chi connectivity index (χ1) is 9.10. The van der Waals surface area contributed by atoms with Crippen LogP contribution in [0, 0.1) is 5.92 Å². The maximum Gasteiger partial charge on any atom is 0.321 e. The van der Waals surface area contributed by atoms with E-state index >= 15 is 0 Å². The van der Waals surface area contributed by atoms with Gasteiger partial charge in [-0.05, 0) is 18.6 Å². The number of hydrogen-bond acceptors (Lipinski definition) is 3. The fraction of sp³-hybridized carbons (Fsp3) is 0.385. The highest BCUT2D eigenvalue weighted by Crippen LogP contribution is 2.20. The number of nitrogens with zero attached hydrogens (tertiary/aromatic N) is 1. The molecular formula is C13H16N2O4. The van der Waals surface area contributed by atoms with Gasteiger partial charge in [-0.3, -0.25) is 4.79 Å². The van der Waals surface area contributed by atoms with Gasteiger partial charge in [0.2, 0.25) is 0 Å². The molecule has 1 aromatic carbocycles. The molecule has 1 saturated heterocycles. The lowest BCUT2D eigenvalue weighted by molar-refractivity contribution is -0.141. The van der Waals surface area contributed by atoms with Gasteiger partial charge in [0.15, 0.2) is 0 Å². The Labute approximate surface area is 111 Å². The minimum absolute atomic E-state index is 0.255. The third kappa shape index (κ3) is 3.15. The zero-order valence-electron chi connectivity index (χ0n) is 10.6. The molecule has 0 radical (unpaired) electrons. The van der Waals surface area contributed by atoms with E-state index in [4.69, 9.17) is 9.84 Å². The molecule has 102 valence electrons. The van der Waals surface area contributed by atoms with Crippen molar-refractivity contribution in [3.05, 3.63) is 24.3 Å². The van der Waals surface area contributed by atoms with Crippen LogP contribution in [0.5, 0.6) is 5.75 Å². The molecule has 0 aromatic heterocycles. The van der Waals surface area contributed by atoms with E-state index in [0.29, 0.717) is 24.4 Å². The van der Waals surface area contributed by atoms with Crippen LogP contribution in [0.2, 0.25) is 0 Å². The summed E-state index contributed by atoms with van der Waals surface area (Å²) in [6.07, 6.45) is 0.501. The fourth-order valence-corrected chi connectivity index (χ4v) is 2.05. The van der Waals surface area contributed by atoms with Gasteiger partial charge in [0, 0.05) is 24.8 Å². The number of methoxy groups -OCH3 is 1. The number of rotatable bonds is 3. The molecule has 1 unspecified atom stereocenters. The Morgan fingerprint density at radius 3 is 2.89 bits per heavy atom. The van der Waals surface area contributed by atoms with E-state index in [1.54, 1.807) is 31.4 Å². The summed E-state index contributed by atoms with van der Waals surface area (Å²) in [6.45, 7) is 0.720. The summed E-state index contributed by atoms with van der Waals surface area (Å²) in [7, 11) is 1.55. The molecule has 0 spiro atoms. The third-order valence-corrected chi connectivity index (χ3v) is 3.15. The molecule has 2 rings (SSSR count). The Morgan fingerprint density at radius 1 is 1.47 bits per heavy atom. The number of carbonyl (C=O) groups excluding carboxylic acids is 1. The lowest BCUT2D eigenvalue weighted by atomic mass is 10.1. The van der Waals surface area contributed by atoms with E-state index in [1.807, 2.05) is 0 Å². The van der Waals surface area contributed by atoms with Gasteiger partial charge in [0.25, 0.3) is 0 Å². The normalized spacial score (nSPS) is 18.2. The summed E-state index contributed by atoms with van der Waals surface area (Å²) in [5, 5.41) is 11.6. The van der Waals surface area contributed by atoms with Crippen molar-refractivity contribution in [3.8, 4) is 5.75 Å². The van der Waals surface area contributed by atoms with Crippen molar-refractivity contribution in [1.82, 2.24) is 4.90 Å². The number of aliphatic carboxylic acids is 1. The van der Waals surface area contributed by atoms with E-state index in [2.05, 4.69) is 5.32 Å². The molecule has 6 heteroatoms. The molecule has 1 aliphatic heterocycles. The standard InChI is InChI=1S/C13H16N2O4/c1-19-11-4-2-3-10(7-11)14-13(18)15-6-5-9(8-15)12(16)17/h2-4,7,9H,5-6,8H2,1H3,(H,14,18)(H,16,17). The average molecular weight is 264 g/mol. The number of carboxylic acids is 1. The number of anilines is 1. The number of ether oxygens (including phenoxy) is 1. The summed E-state index contributed by atoms with van der Waals surface area (Å²) in [5.74, 6) is -0.657. The monoisotopic (exact) mass is 264 g/mol. The van der Waals surface area contributed by atoms with Gasteiger partial charge in [-0.15, -0.1) is 0 Å². The molecule has 2 N–H and O–H groups in total. The van der Waals surface area contributed by atoms with Gasteiger partial charge in [-0.1, -0.05) is 6.07 Å². The highest BCUT2D eigenvalue weighted by molar-refractivity contribution is 5.90. The maximum atomic E-state index is 12.0. The molecule has 0 saturated carbocycles. The molecule has 1 aliphatic rings. The fourth-order valence-electron chi connectivity index (χ4n) is 2.05. The first-order valence-corrected chi connectivity index (χ1v) is 6.03. The summed E-state index contributed by atoms with van der Waals surface area (Å²) < 4.78 is 5.07. The van der Waals surface area contributed by atoms with Gasteiger partial charge in [-0.25, -0.2) is 4.79 Å². The molecule has 6 nitrogen and oxygen atoms in total. The average Bonchev–Trinajstić information content (AvgIpc) is 2.89. The molecular weight excluding hydrogens is 248 g/mol. The number of urea groups is 1. The van der Waals surface area contributed by atoms with Crippen molar-refractivity contribution in [1.29, 1.82) is 0 Å². The Hall–Kier alpha value is -2.24. The second kappa shape index (κ2) is 5.60. The van der Waals surface area contributed by atoms with E-state index in [9.17, 15) is 9.59 Å². The van der Waals surface area contributed by atoms with Crippen molar-refractivity contribution >= 4 is 17.7 Å². The van der Waals surface area contributed by atoms with Gasteiger partial charge in [0.05, 0.1) is 13.0 Å². The van der Waals surface area contributed by atoms with Crippen molar-refractivity contribution in [2.75, 3.05) is 25.5 Å². The zero-order chi connectivity index (χ0) is 13.8. The number of hydrogen-bond donors (Lipinski definition) is 2. The van der Waals surface area contributed by atoms with Crippen LogP contribution in [0.3, 0.4) is 0 Å². The smallest absolute Gasteiger partial charge is 0.321 e. The van der Waals surface area contributed by atoms with E-state index in [-0.39, 0.29) is 12.6 Å². The second-order valence-electron chi connectivity index (χ2n) is 4.43. The minimum atomic E-state index is -0.850. The number of likely N-dealkylation sites (tertiary alicyclic amines) is 1. The molecule has 2 amide bonds. The number of carboxylic acid groups (broad SMARTS) is 1. The Bertz CT molecular complexity index is 489. The molecule has 19 heavy (non-hydrogen) atoms. The van der Waals surface area contributed by atoms with Crippen LogP contribution in [0.1, 0.15) is 6.42 Å².